The number of hydrogen-bond donors (Lipinski definition) is 2. The van der Waals surface area contributed by atoms with Crippen LogP contribution in [-0.2, 0) is 20.7 Å². The highest BCUT2D eigenvalue weighted by molar-refractivity contribution is 7.89. The molecule has 2 N–H and O–H groups in total. The summed E-state index contributed by atoms with van der Waals surface area (Å²) in [6.07, 6.45) is 1.78. The molecule has 2 aromatic rings. The molecule has 0 radical (unpaired) electrons. The summed E-state index contributed by atoms with van der Waals surface area (Å²) in [5.74, 6) is -0.580. The van der Waals surface area contributed by atoms with Crippen LogP contribution in [0.4, 0.5) is 0 Å². The summed E-state index contributed by atoms with van der Waals surface area (Å²) >= 11 is 0. The second-order valence-electron chi connectivity index (χ2n) is 4.60. The predicted octanol–water partition coefficient (Wildman–Crippen LogP) is 2.66. The van der Waals surface area contributed by atoms with E-state index in [0.717, 1.165) is 11.0 Å². The largest absolute Gasteiger partial charge is 0.504 e. The maximum Gasteiger partial charge on any atom is 0.290 e. The van der Waals surface area contributed by atoms with Gasteiger partial charge in [0, 0.05) is 0 Å². The number of aromatic hydroxyl groups is 2. The first-order valence-corrected chi connectivity index (χ1v) is 8.07. The molecule has 0 saturated heterocycles. The van der Waals surface area contributed by atoms with E-state index in [9.17, 15) is 18.6 Å². The molecule has 0 unspecified atom stereocenters. The summed E-state index contributed by atoms with van der Waals surface area (Å²) < 4.78 is 28.3. The third-order valence-corrected chi connectivity index (χ3v) is 3.87. The molecule has 2 aromatic carbocycles. The van der Waals surface area contributed by atoms with Crippen molar-refractivity contribution in [3.8, 4) is 11.5 Å². The molecule has 0 fully saturated rings. The Bertz CT molecular complexity index is 751. The van der Waals surface area contributed by atoms with Crippen LogP contribution in [0.25, 0.3) is 6.08 Å². The minimum atomic E-state index is -3.80. The Balaban J connectivity index is 1.92. The van der Waals surface area contributed by atoms with Crippen LogP contribution in [0.2, 0.25) is 0 Å². The lowest BCUT2D eigenvalue weighted by Crippen LogP contribution is -2.05. The molecule has 0 heterocycles. The smallest absolute Gasteiger partial charge is 0.290 e. The zero-order valence-electron chi connectivity index (χ0n) is 11.7. The summed E-state index contributed by atoms with van der Waals surface area (Å²) in [5, 5.41) is 19.4. The van der Waals surface area contributed by atoms with E-state index in [1.165, 1.54) is 24.3 Å². The molecule has 5 nitrogen and oxygen atoms in total. The molecular formula is C16H16O5S. The molecule has 116 valence electrons. The molecule has 0 atom stereocenters. The van der Waals surface area contributed by atoms with Crippen LogP contribution in [0, 0.1) is 0 Å². The first kappa shape index (κ1) is 16.1. The molecule has 6 heteroatoms. The highest BCUT2D eigenvalue weighted by Gasteiger charge is 2.06. The van der Waals surface area contributed by atoms with Gasteiger partial charge in [-0.2, -0.15) is 8.42 Å². The lowest BCUT2D eigenvalue weighted by atomic mass is 10.2. The predicted molar refractivity (Wildman–Crippen MR) is 83.8 cm³/mol. The van der Waals surface area contributed by atoms with Gasteiger partial charge in [0.05, 0.1) is 12.0 Å². The molecule has 0 aliphatic rings. The van der Waals surface area contributed by atoms with E-state index in [0.29, 0.717) is 12.0 Å². The highest BCUT2D eigenvalue weighted by Crippen LogP contribution is 2.25. The number of benzene rings is 2. The van der Waals surface area contributed by atoms with E-state index < -0.39 is 10.1 Å². The van der Waals surface area contributed by atoms with Crippen molar-refractivity contribution in [2.45, 2.75) is 6.42 Å². The number of hydrogen-bond acceptors (Lipinski definition) is 5. The minimum Gasteiger partial charge on any atom is -0.504 e. The number of phenols is 2. The maximum atomic E-state index is 11.7. The third kappa shape index (κ3) is 4.91. The Kier molecular flexibility index (Phi) is 5.19. The summed E-state index contributed by atoms with van der Waals surface area (Å²) in [4.78, 5) is 0. The van der Waals surface area contributed by atoms with Crippen LogP contribution >= 0.6 is 0 Å². The monoisotopic (exact) mass is 320 g/mol. The van der Waals surface area contributed by atoms with E-state index in [1.54, 1.807) is 0 Å². The van der Waals surface area contributed by atoms with Crippen LogP contribution in [-0.4, -0.2) is 25.2 Å². The molecule has 0 aliphatic carbocycles. The zero-order chi connectivity index (χ0) is 16.0. The fourth-order valence-electron chi connectivity index (χ4n) is 1.77. The average Bonchev–Trinajstić information content (AvgIpc) is 2.49. The zero-order valence-corrected chi connectivity index (χ0v) is 12.5. The van der Waals surface area contributed by atoms with Crippen LogP contribution < -0.4 is 0 Å². The second kappa shape index (κ2) is 7.11. The van der Waals surface area contributed by atoms with Gasteiger partial charge in [0.1, 0.15) is 0 Å². The van der Waals surface area contributed by atoms with Crippen molar-refractivity contribution in [3.63, 3.8) is 0 Å². The van der Waals surface area contributed by atoms with Crippen molar-refractivity contribution in [3.05, 3.63) is 65.1 Å². The van der Waals surface area contributed by atoms with Crippen molar-refractivity contribution in [1.82, 2.24) is 0 Å². The molecular weight excluding hydrogens is 304 g/mol. The fourth-order valence-corrected chi connectivity index (χ4v) is 2.48. The first-order chi connectivity index (χ1) is 10.5. The van der Waals surface area contributed by atoms with Crippen molar-refractivity contribution in [1.29, 1.82) is 0 Å². The quantitative estimate of drug-likeness (QED) is 0.631. The van der Waals surface area contributed by atoms with E-state index >= 15 is 0 Å². The Morgan fingerprint density at radius 1 is 1.00 bits per heavy atom. The van der Waals surface area contributed by atoms with Crippen molar-refractivity contribution in [2.75, 3.05) is 6.61 Å². The molecule has 0 saturated carbocycles. The number of phenolic OH excluding ortho intramolecular Hbond substituents is 2. The fraction of sp³-hybridized carbons (Fsp3) is 0.125. The molecule has 22 heavy (non-hydrogen) atoms. The van der Waals surface area contributed by atoms with Gasteiger partial charge >= 0.3 is 0 Å². The van der Waals surface area contributed by atoms with Gasteiger partial charge in [0.2, 0.25) is 0 Å². The molecule has 0 aliphatic heterocycles. The van der Waals surface area contributed by atoms with Crippen LogP contribution in [0.1, 0.15) is 11.1 Å². The van der Waals surface area contributed by atoms with Crippen LogP contribution in [0.5, 0.6) is 11.5 Å². The van der Waals surface area contributed by atoms with Crippen LogP contribution in [0.3, 0.4) is 0 Å². The summed E-state index contributed by atoms with van der Waals surface area (Å²) in [7, 11) is -3.80. The third-order valence-electron chi connectivity index (χ3n) is 2.91. The minimum absolute atomic E-state index is 0.0531. The van der Waals surface area contributed by atoms with Gasteiger partial charge in [-0.05, 0) is 35.8 Å². The van der Waals surface area contributed by atoms with Gasteiger partial charge in [-0.3, -0.25) is 4.18 Å². The van der Waals surface area contributed by atoms with Gasteiger partial charge in [-0.15, -0.1) is 0 Å². The first-order valence-electron chi connectivity index (χ1n) is 6.60. The standard InChI is InChI=1S/C16H16O5S/c17-15-7-6-14(12-16(15)18)9-11-22(19,20)21-10-8-13-4-2-1-3-5-13/h1-7,9,11-12,17-18H,8,10H2/b11-9+. The van der Waals surface area contributed by atoms with E-state index in [4.69, 9.17) is 4.18 Å². The molecule has 0 spiro atoms. The Labute approximate surface area is 129 Å². The van der Waals surface area contributed by atoms with Crippen molar-refractivity contribution < 1.29 is 22.8 Å². The van der Waals surface area contributed by atoms with Crippen molar-refractivity contribution >= 4 is 16.2 Å². The van der Waals surface area contributed by atoms with Gasteiger partial charge < -0.3 is 10.2 Å². The van der Waals surface area contributed by atoms with Gasteiger partial charge in [-0.1, -0.05) is 36.4 Å². The lowest BCUT2D eigenvalue weighted by Gasteiger charge is -2.02. The average molecular weight is 320 g/mol. The molecule has 0 bridgehead atoms. The second-order valence-corrected chi connectivity index (χ2v) is 6.09. The Morgan fingerprint density at radius 3 is 2.41 bits per heavy atom. The van der Waals surface area contributed by atoms with E-state index in [-0.39, 0.29) is 18.1 Å². The molecule has 0 aromatic heterocycles. The maximum absolute atomic E-state index is 11.7. The SMILES string of the molecule is O=S(=O)(/C=C/c1ccc(O)c(O)c1)OCCc1ccccc1. The summed E-state index contributed by atoms with van der Waals surface area (Å²) in [6.45, 7) is 0.0531. The molecule has 0 amide bonds. The lowest BCUT2D eigenvalue weighted by molar-refractivity contribution is 0.328. The van der Waals surface area contributed by atoms with E-state index in [1.807, 2.05) is 30.3 Å². The molecule has 2 rings (SSSR count). The van der Waals surface area contributed by atoms with Crippen LogP contribution in [0.15, 0.2) is 53.9 Å². The normalized spacial score (nSPS) is 11.8. The van der Waals surface area contributed by atoms with Crippen molar-refractivity contribution in [2.24, 2.45) is 0 Å². The van der Waals surface area contributed by atoms with Gasteiger partial charge in [0.25, 0.3) is 10.1 Å². The highest BCUT2D eigenvalue weighted by atomic mass is 32.2. The Morgan fingerprint density at radius 2 is 1.73 bits per heavy atom. The topological polar surface area (TPSA) is 83.8 Å². The van der Waals surface area contributed by atoms with E-state index in [2.05, 4.69) is 0 Å². The summed E-state index contributed by atoms with van der Waals surface area (Å²) in [5.41, 5.74) is 1.43. The van der Waals surface area contributed by atoms with Gasteiger partial charge in [0.15, 0.2) is 11.5 Å². The number of rotatable bonds is 6. The summed E-state index contributed by atoms with van der Waals surface area (Å²) in [6, 6.07) is 13.4. The van der Waals surface area contributed by atoms with Gasteiger partial charge in [-0.25, -0.2) is 0 Å². The Hall–Kier alpha value is -2.31.